The first-order chi connectivity index (χ1) is 10.2. The predicted molar refractivity (Wildman–Crippen MR) is 85.9 cm³/mol. The van der Waals surface area contributed by atoms with Gasteiger partial charge in [-0.3, -0.25) is 4.79 Å². The van der Waals surface area contributed by atoms with Gasteiger partial charge >= 0.3 is 5.97 Å². The third-order valence-corrected chi connectivity index (χ3v) is 3.77. The second kappa shape index (κ2) is 6.14. The van der Waals surface area contributed by atoms with Crippen LogP contribution >= 0.6 is 15.9 Å². The third-order valence-electron chi connectivity index (χ3n) is 3.28. The maximum Gasteiger partial charge on any atom is 0.326 e. The zero-order chi connectivity index (χ0) is 14.7. The molecule has 0 atom stereocenters. The number of hydrogen-bond donors (Lipinski definition) is 0. The summed E-state index contributed by atoms with van der Waals surface area (Å²) < 4.78 is 8.23. The van der Waals surface area contributed by atoms with Crippen LogP contribution in [-0.2, 0) is 22.7 Å². The fourth-order valence-corrected chi connectivity index (χ4v) is 2.61. The number of benzene rings is 2. The molecule has 0 aliphatic heterocycles. The summed E-state index contributed by atoms with van der Waals surface area (Å²) in [5.41, 5.74) is 2.02. The molecule has 0 saturated carbocycles. The van der Waals surface area contributed by atoms with E-state index in [1.165, 1.54) is 0 Å². The summed E-state index contributed by atoms with van der Waals surface area (Å²) >= 11 is 3.44. The first-order valence-corrected chi connectivity index (χ1v) is 7.45. The number of halogens is 1. The Kier molecular flexibility index (Phi) is 4.06. The largest absolute Gasteiger partial charge is 0.459 e. The predicted octanol–water partition coefficient (Wildman–Crippen LogP) is 4.15. The summed E-state index contributed by atoms with van der Waals surface area (Å²) in [5, 5.41) is 1.10. The Morgan fingerprint density at radius 1 is 1.10 bits per heavy atom. The molecule has 0 unspecified atom stereocenters. The van der Waals surface area contributed by atoms with Gasteiger partial charge in [0.1, 0.15) is 13.2 Å². The number of carbonyl (C=O) groups excluding carboxylic acids is 1. The summed E-state index contributed by atoms with van der Waals surface area (Å²) in [6.45, 7) is 0.530. The zero-order valence-corrected chi connectivity index (χ0v) is 12.9. The maximum atomic E-state index is 11.9. The normalized spacial score (nSPS) is 10.7. The molecular formula is C17H14BrNO2. The first-order valence-electron chi connectivity index (χ1n) is 6.66. The van der Waals surface area contributed by atoms with E-state index >= 15 is 0 Å². The monoisotopic (exact) mass is 343 g/mol. The molecule has 106 valence electrons. The molecule has 0 fully saturated rings. The molecule has 1 aromatic heterocycles. The van der Waals surface area contributed by atoms with Crippen molar-refractivity contribution in [1.82, 2.24) is 4.57 Å². The molecule has 3 nitrogen and oxygen atoms in total. The Hall–Kier alpha value is -2.07. The third kappa shape index (κ3) is 3.34. The van der Waals surface area contributed by atoms with E-state index < -0.39 is 0 Å². The lowest BCUT2D eigenvalue weighted by Crippen LogP contribution is -2.12. The van der Waals surface area contributed by atoms with E-state index in [-0.39, 0.29) is 12.5 Å². The number of nitrogens with zero attached hydrogens (tertiary/aromatic N) is 1. The van der Waals surface area contributed by atoms with Crippen LogP contribution in [0.15, 0.2) is 65.3 Å². The summed E-state index contributed by atoms with van der Waals surface area (Å²) in [6.07, 6.45) is 1.90. The molecule has 2 aromatic carbocycles. The van der Waals surface area contributed by atoms with Crippen LogP contribution in [0.1, 0.15) is 5.56 Å². The Bertz CT molecular complexity index is 765. The Balaban J connectivity index is 1.66. The van der Waals surface area contributed by atoms with Gasteiger partial charge in [0.2, 0.25) is 0 Å². The molecule has 0 aliphatic rings. The van der Waals surface area contributed by atoms with Crippen molar-refractivity contribution in [3.63, 3.8) is 0 Å². The molecule has 1 heterocycles. The van der Waals surface area contributed by atoms with Gasteiger partial charge in [-0.25, -0.2) is 0 Å². The zero-order valence-electron chi connectivity index (χ0n) is 11.3. The number of carbonyl (C=O) groups is 1. The van der Waals surface area contributed by atoms with E-state index in [9.17, 15) is 4.79 Å². The smallest absolute Gasteiger partial charge is 0.326 e. The second-order valence-electron chi connectivity index (χ2n) is 4.79. The molecule has 0 saturated heterocycles. The van der Waals surface area contributed by atoms with Gasteiger partial charge < -0.3 is 9.30 Å². The van der Waals surface area contributed by atoms with Crippen molar-refractivity contribution >= 4 is 32.8 Å². The van der Waals surface area contributed by atoms with Crippen LogP contribution in [0, 0.1) is 0 Å². The van der Waals surface area contributed by atoms with Crippen LogP contribution in [0.25, 0.3) is 10.9 Å². The summed E-state index contributed by atoms with van der Waals surface area (Å²) in [6, 6.07) is 17.7. The highest BCUT2D eigenvalue weighted by molar-refractivity contribution is 9.10. The van der Waals surface area contributed by atoms with Gasteiger partial charge in [0.05, 0.1) is 0 Å². The van der Waals surface area contributed by atoms with Crippen LogP contribution in [0.4, 0.5) is 0 Å². The van der Waals surface area contributed by atoms with Crippen LogP contribution in [-0.4, -0.2) is 10.5 Å². The highest BCUT2D eigenvalue weighted by atomic mass is 79.9. The molecule has 3 rings (SSSR count). The second-order valence-corrected chi connectivity index (χ2v) is 5.71. The van der Waals surface area contributed by atoms with Crippen molar-refractivity contribution in [2.75, 3.05) is 0 Å². The van der Waals surface area contributed by atoms with Gasteiger partial charge in [-0.2, -0.15) is 0 Å². The van der Waals surface area contributed by atoms with E-state index in [2.05, 4.69) is 15.9 Å². The Morgan fingerprint density at radius 2 is 1.90 bits per heavy atom. The highest BCUT2D eigenvalue weighted by Crippen LogP contribution is 2.20. The minimum atomic E-state index is -0.237. The topological polar surface area (TPSA) is 31.2 Å². The average Bonchev–Trinajstić information content (AvgIpc) is 2.88. The minimum absolute atomic E-state index is 0.220. The number of rotatable bonds is 4. The lowest BCUT2D eigenvalue weighted by atomic mass is 10.2. The van der Waals surface area contributed by atoms with Gasteiger partial charge in [-0.05, 0) is 29.8 Å². The Morgan fingerprint density at radius 3 is 2.71 bits per heavy atom. The lowest BCUT2D eigenvalue weighted by Gasteiger charge is -2.07. The summed E-state index contributed by atoms with van der Waals surface area (Å²) in [7, 11) is 0. The van der Waals surface area contributed by atoms with Gasteiger partial charge in [0, 0.05) is 21.6 Å². The SMILES string of the molecule is O=C(Cn1ccc2cc(Br)ccc21)OCc1ccccc1. The van der Waals surface area contributed by atoms with E-state index in [0.717, 1.165) is 20.9 Å². The van der Waals surface area contributed by atoms with E-state index in [1.807, 2.05) is 65.4 Å². The quantitative estimate of drug-likeness (QED) is 0.666. The first kappa shape index (κ1) is 13.9. The minimum Gasteiger partial charge on any atom is -0.459 e. The van der Waals surface area contributed by atoms with Crippen molar-refractivity contribution in [1.29, 1.82) is 0 Å². The summed E-state index contributed by atoms with van der Waals surface area (Å²) in [4.78, 5) is 11.9. The summed E-state index contributed by atoms with van der Waals surface area (Å²) in [5.74, 6) is -0.237. The van der Waals surface area contributed by atoms with Gasteiger partial charge in [-0.1, -0.05) is 46.3 Å². The molecule has 0 bridgehead atoms. The van der Waals surface area contributed by atoms with Crippen LogP contribution < -0.4 is 0 Å². The fourth-order valence-electron chi connectivity index (χ4n) is 2.23. The molecule has 0 spiro atoms. The van der Waals surface area contributed by atoms with Gasteiger partial charge in [-0.15, -0.1) is 0 Å². The number of ether oxygens (including phenoxy) is 1. The van der Waals surface area contributed by atoms with Crippen molar-refractivity contribution in [3.05, 3.63) is 70.8 Å². The number of esters is 1. The standard InChI is InChI=1S/C17H14BrNO2/c18-15-6-7-16-14(10-15)8-9-19(16)11-17(20)21-12-13-4-2-1-3-5-13/h1-10H,11-12H2. The number of fused-ring (bicyclic) bond motifs is 1. The molecule has 0 amide bonds. The number of hydrogen-bond acceptors (Lipinski definition) is 2. The molecule has 0 radical (unpaired) electrons. The van der Waals surface area contributed by atoms with Crippen molar-refractivity contribution < 1.29 is 9.53 Å². The molecule has 0 N–H and O–H groups in total. The van der Waals surface area contributed by atoms with E-state index in [0.29, 0.717) is 6.61 Å². The average molecular weight is 344 g/mol. The van der Waals surface area contributed by atoms with E-state index in [4.69, 9.17) is 4.74 Å². The molecule has 3 aromatic rings. The lowest BCUT2D eigenvalue weighted by molar-refractivity contribution is -0.145. The highest BCUT2D eigenvalue weighted by Gasteiger charge is 2.08. The maximum absolute atomic E-state index is 11.9. The molecular weight excluding hydrogens is 330 g/mol. The van der Waals surface area contributed by atoms with Crippen molar-refractivity contribution in [2.45, 2.75) is 13.2 Å². The number of aromatic nitrogens is 1. The molecule has 21 heavy (non-hydrogen) atoms. The van der Waals surface area contributed by atoms with E-state index in [1.54, 1.807) is 0 Å². The van der Waals surface area contributed by atoms with Gasteiger partial charge in [0.25, 0.3) is 0 Å². The van der Waals surface area contributed by atoms with Gasteiger partial charge in [0.15, 0.2) is 0 Å². The fraction of sp³-hybridized carbons (Fsp3) is 0.118. The van der Waals surface area contributed by atoms with Crippen LogP contribution in [0.5, 0.6) is 0 Å². The van der Waals surface area contributed by atoms with Crippen LogP contribution in [0.3, 0.4) is 0 Å². The van der Waals surface area contributed by atoms with Crippen molar-refractivity contribution in [3.8, 4) is 0 Å². The van der Waals surface area contributed by atoms with Crippen molar-refractivity contribution in [2.24, 2.45) is 0 Å². The van der Waals surface area contributed by atoms with Crippen LogP contribution in [0.2, 0.25) is 0 Å². The Labute approximate surface area is 131 Å². The molecule has 4 heteroatoms. The molecule has 0 aliphatic carbocycles.